The Morgan fingerprint density at radius 2 is 1.62 bits per heavy atom. The molecule has 0 aliphatic heterocycles. The first-order valence-corrected chi connectivity index (χ1v) is 5.25. The minimum Gasteiger partial charge on any atom is -0.370 e. The SMILES string of the molecule is CCCC(CCC)(OC)C(=O)CC. The molecule has 0 heterocycles. The molecule has 0 saturated heterocycles. The molecule has 0 aromatic rings. The quantitative estimate of drug-likeness (QED) is 0.611. The van der Waals surface area contributed by atoms with Crippen molar-refractivity contribution in [2.75, 3.05) is 7.11 Å². The van der Waals surface area contributed by atoms with E-state index in [9.17, 15) is 4.79 Å². The van der Waals surface area contributed by atoms with Crippen LogP contribution in [0, 0.1) is 0 Å². The topological polar surface area (TPSA) is 26.3 Å². The van der Waals surface area contributed by atoms with Crippen LogP contribution < -0.4 is 0 Å². The summed E-state index contributed by atoms with van der Waals surface area (Å²) in [7, 11) is 1.65. The predicted octanol–water partition coefficient (Wildman–Crippen LogP) is 2.95. The van der Waals surface area contributed by atoms with Gasteiger partial charge in [-0.05, 0) is 12.8 Å². The van der Waals surface area contributed by atoms with E-state index < -0.39 is 5.60 Å². The van der Waals surface area contributed by atoms with E-state index in [1.165, 1.54) is 0 Å². The van der Waals surface area contributed by atoms with Crippen molar-refractivity contribution in [1.82, 2.24) is 0 Å². The number of ether oxygens (including phenoxy) is 1. The minimum atomic E-state index is -0.488. The van der Waals surface area contributed by atoms with Gasteiger partial charge >= 0.3 is 0 Å². The molecule has 0 aliphatic carbocycles. The fourth-order valence-electron chi connectivity index (χ4n) is 1.85. The van der Waals surface area contributed by atoms with Crippen molar-refractivity contribution in [3.05, 3.63) is 0 Å². The third-order valence-electron chi connectivity index (χ3n) is 2.53. The summed E-state index contributed by atoms with van der Waals surface area (Å²) in [6, 6.07) is 0. The monoisotopic (exact) mass is 186 g/mol. The summed E-state index contributed by atoms with van der Waals surface area (Å²) in [6.45, 7) is 6.08. The predicted molar refractivity (Wildman–Crippen MR) is 54.9 cm³/mol. The lowest BCUT2D eigenvalue weighted by Gasteiger charge is -2.30. The first-order chi connectivity index (χ1) is 6.16. The molecular weight excluding hydrogens is 164 g/mol. The lowest BCUT2D eigenvalue weighted by Crippen LogP contribution is -2.40. The van der Waals surface area contributed by atoms with Crippen LogP contribution in [0.5, 0.6) is 0 Å². The highest BCUT2D eigenvalue weighted by molar-refractivity contribution is 5.87. The maximum Gasteiger partial charge on any atom is 0.164 e. The largest absolute Gasteiger partial charge is 0.370 e. The van der Waals surface area contributed by atoms with E-state index in [-0.39, 0.29) is 5.78 Å². The number of hydrogen-bond acceptors (Lipinski definition) is 2. The number of ketones is 1. The van der Waals surface area contributed by atoms with E-state index in [1.54, 1.807) is 7.11 Å². The molecule has 0 rings (SSSR count). The Labute approximate surface area is 81.7 Å². The van der Waals surface area contributed by atoms with Gasteiger partial charge in [-0.15, -0.1) is 0 Å². The van der Waals surface area contributed by atoms with Crippen molar-refractivity contribution >= 4 is 5.78 Å². The Balaban J connectivity index is 4.52. The average molecular weight is 186 g/mol. The highest BCUT2D eigenvalue weighted by Gasteiger charge is 2.34. The van der Waals surface area contributed by atoms with Crippen LogP contribution in [0.1, 0.15) is 52.9 Å². The number of carbonyl (C=O) groups is 1. The molecule has 0 atom stereocenters. The molecule has 0 unspecified atom stereocenters. The number of carbonyl (C=O) groups excluding carboxylic acids is 1. The summed E-state index contributed by atoms with van der Waals surface area (Å²) in [5.74, 6) is 0.249. The lowest BCUT2D eigenvalue weighted by molar-refractivity contribution is -0.142. The number of methoxy groups -OCH3 is 1. The van der Waals surface area contributed by atoms with Gasteiger partial charge in [0.2, 0.25) is 0 Å². The molecule has 0 spiro atoms. The summed E-state index contributed by atoms with van der Waals surface area (Å²) in [5.41, 5.74) is -0.488. The lowest BCUT2D eigenvalue weighted by atomic mass is 9.87. The summed E-state index contributed by atoms with van der Waals surface area (Å²) >= 11 is 0. The van der Waals surface area contributed by atoms with Gasteiger partial charge in [0.25, 0.3) is 0 Å². The van der Waals surface area contributed by atoms with Gasteiger partial charge < -0.3 is 4.74 Å². The van der Waals surface area contributed by atoms with Crippen molar-refractivity contribution in [3.63, 3.8) is 0 Å². The third kappa shape index (κ3) is 3.11. The number of Topliss-reactive ketones (excluding diaryl/α,β-unsaturated/α-hetero) is 1. The van der Waals surface area contributed by atoms with Crippen LogP contribution in [-0.2, 0) is 9.53 Å². The van der Waals surface area contributed by atoms with Gasteiger partial charge in [0.1, 0.15) is 5.60 Å². The van der Waals surface area contributed by atoms with Gasteiger partial charge in [0.05, 0.1) is 0 Å². The Morgan fingerprint density at radius 3 is 1.85 bits per heavy atom. The highest BCUT2D eigenvalue weighted by Crippen LogP contribution is 2.25. The molecule has 0 aromatic carbocycles. The van der Waals surface area contributed by atoms with Gasteiger partial charge in [0.15, 0.2) is 5.78 Å². The van der Waals surface area contributed by atoms with Crippen LogP contribution >= 0.6 is 0 Å². The molecule has 13 heavy (non-hydrogen) atoms. The van der Waals surface area contributed by atoms with E-state index in [0.29, 0.717) is 6.42 Å². The maximum absolute atomic E-state index is 11.7. The minimum absolute atomic E-state index is 0.249. The standard InChI is InChI=1S/C11H22O2/c1-5-8-11(13-4,9-6-2)10(12)7-3/h5-9H2,1-4H3. The summed E-state index contributed by atoms with van der Waals surface area (Å²) in [6.07, 6.45) is 4.28. The Kier molecular flexibility index (Phi) is 5.97. The first-order valence-electron chi connectivity index (χ1n) is 5.25. The Hall–Kier alpha value is -0.370. The molecule has 0 aliphatic rings. The fraction of sp³-hybridized carbons (Fsp3) is 0.909. The zero-order valence-electron chi connectivity index (χ0n) is 9.35. The van der Waals surface area contributed by atoms with E-state index in [2.05, 4.69) is 13.8 Å². The normalized spacial score (nSPS) is 11.7. The summed E-state index contributed by atoms with van der Waals surface area (Å²) < 4.78 is 5.42. The van der Waals surface area contributed by atoms with Crippen LogP contribution in [0.2, 0.25) is 0 Å². The molecule has 78 valence electrons. The number of hydrogen-bond donors (Lipinski definition) is 0. The zero-order valence-corrected chi connectivity index (χ0v) is 9.35. The molecule has 0 aromatic heterocycles. The molecular formula is C11H22O2. The molecule has 2 heteroatoms. The van der Waals surface area contributed by atoms with Gasteiger partial charge in [-0.3, -0.25) is 4.79 Å². The second kappa shape index (κ2) is 6.14. The van der Waals surface area contributed by atoms with Crippen LogP contribution in [0.25, 0.3) is 0 Å². The number of rotatable bonds is 7. The van der Waals surface area contributed by atoms with Crippen molar-refractivity contribution < 1.29 is 9.53 Å². The summed E-state index contributed by atoms with van der Waals surface area (Å²) in [5, 5.41) is 0. The highest BCUT2D eigenvalue weighted by atomic mass is 16.5. The van der Waals surface area contributed by atoms with Crippen LogP contribution in [0.3, 0.4) is 0 Å². The Bertz CT molecular complexity index is 146. The molecule has 2 nitrogen and oxygen atoms in total. The first kappa shape index (κ1) is 12.6. The zero-order chi connectivity index (χ0) is 10.3. The van der Waals surface area contributed by atoms with Crippen molar-refractivity contribution in [2.45, 2.75) is 58.5 Å². The van der Waals surface area contributed by atoms with Gasteiger partial charge in [-0.25, -0.2) is 0 Å². The van der Waals surface area contributed by atoms with Gasteiger partial charge in [-0.1, -0.05) is 33.6 Å². The smallest absolute Gasteiger partial charge is 0.164 e. The van der Waals surface area contributed by atoms with Crippen molar-refractivity contribution in [1.29, 1.82) is 0 Å². The average Bonchev–Trinajstić information content (AvgIpc) is 2.16. The van der Waals surface area contributed by atoms with Crippen LogP contribution in [0.4, 0.5) is 0 Å². The summed E-state index contributed by atoms with van der Waals surface area (Å²) in [4.78, 5) is 11.7. The Morgan fingerprint density at radius 1 is 1.15 bits per heavy atom. The van der Waals surface area contributed by atoms with Crippen LogP contribution in [0.15, 0.2) is 0 Å². The van der Waals surface area contributed by atoms with E-state index in [0.717, 1.165) is 25.7 Å². The van der Waals surface area contributed by atoms with Crippen molar-refractivity contribution in [2.24, 2.45) is 0 Å². The molecule has 0 amide bonds. The molecule has 0 saturated carbocycles. The molecule has 0 bridgehead atoms. The van der Waals surface area contributed by atoms with Gasteiger partial charge in [0, 0.05) is 13.5 Å². The molecule has 0 N–H and O–H groups in total. The van der Waals surface area contributed by atoms with E-state index in [4.69, 9.17) is 4.74 Å². The maximum atomic E-state index is 11.7. The van der Waals surface area contributed by atoms with E-state index in [1.807, 2.05) is 6.92 Å². The molecule has 0 radical (unpaired) electrons. The van der Waals surface area contributed by atoms with Crippen molar-refractivity contribution in [3.8, 4) is 0 Å². The molecule has 0 fully saturated rings. The second-order valence-electron chi connectivity index (χ2n) is 3.48. The van der Waals surface area contributed by atoms with Crippen LogP contribution in [-0.4, -0.2) is 18.5 Å². The second-order valence-corrected chi connectivity index (χ2v) is 3.48. The van der Waals surface area contributed by atoms with E-state index >= 15 is 0 Å². The van der Waals surface area contributed by atoms with Gasteiger partial charge in [-0.2, -0.15) is 0 Å². The third-order valence-corrected chi connectivity index (χ3v) is 2.53. The fourth-order valence-corrected chi connectivity index (χ4v) is 1.85.